The number of likely N-dealkylation sites (N-methyl/N-ethyl adjacent to an activating group) is 1. The zero-order valence-electron chi connectivity index (χ0n) is 32.4. The number of para-hydroxylation sites is 1. The third-order valence-electron chi connectivity index (χ3n) is 11.5. The van der Waals surface area contributed by atoms with Gasteiger partial charge in [0.1, 0.15) is 5.84 Å². The fourth-order valence-corrected chi connectivity index (χ4v) is 8.96. The SMILES string of the molecule is C=CCCc1c(C)c2ccc3c(c2n1-c1cc(C2=Nc4ccccc4C(C(=C)/C=C\C=C/C)N2C)cc(-c2ccccc2C#N)c1)C(C)(C)c1ccccc1-3. The number of aliphatic imine (C=N–C) groups is 1. The molecule has 0 radical (unpaired) electrons. The summed E-state index contributed by atoms with van der Waals surface area (Å²) >= 11 is 0. The quantitative estimate of drug-likeness (QED) is 0.111. The van der Waals surface area contributed by atoms with E-state index in [1.54, 1.807) is 0 Å². The highest BCUT2D eigenvalue weighted by atomic mass is 15.2. The Labute approximate surface area is 325 Å². The number of rotatable bonds is 9. The van der Waals surface area contributed by atoms with Crippen molar-refractivity contribution in [1.82, 2.24) is 9.47 Å². The van der Waals surface area contributed by atoms with Gasteiger partial charge < -0.3 is 9.47 Å². The summed E-state index contributed by atoms with van der Waals surface area (Å²) in [6.45, 7) is 17.7. The van der Waals surface area contributed by atoms with E-state index < -0.39 is 0 Å². The summed E-state index contributed by atoms with van der Waals surface area (Å²) in [4.78, 5) is 7.61. The average molecular weight is 715 g/mol. The first-order valence-corrected chi connectivity index (χ1v) is 19.1. The van der Waals surface area contributed by atoms with Gasteiger partial charge in [0.15, 0.2) is 0 Å². The van der Waals surface area contributed by atoms with Crippen molar-refractivity contribution in [3.05, 3.63) is 191 Å². The summed E-state index contributed by atoms with van der Waals surface area (Å²) in [6.07, 6.45) is 11.9. The van der Waals surface area contributed by atoms with Crippen LogP contribution in [-0.2, 0) is 11.8 Å². The van der Waals surface area contributed by atoms with Crippen molar-refractivity contribution >= 4 is 22.4 Å². The van der Waals surface area contributed by atoms with Crippen LogP contribution in [0.3, 0.4) is 0 Å². The first-order valence-electron chi connectivity index (χ1n) is 19.1. The van der Waals surface area contributed by atoms with Crippen LogP contribution >= 0.6 is 0 Å². The van der Waals surface area contributed by atoms with Crippen LogP contribution in [0, 0.1) is 18.3 Å². The second-order valence-corrected chi connectivity index (χ2v) is 15.2. The summed E-state index contributed by atoms with van der Waals surface area (Å²) in [5.41, 5.74) is 16.3. The maximum absolute atomic E-state index is 10.3. The smallest absolute Gasteiger partial charge is 0.137 e. The minimum atomic E-state index is -0.219. The molecule has 5 aromatic carbocycles. The van der Waals surface area contributed by atoms with E-state index >= 15 is 0 Å². The highest BCUT2D eigenvalue weighted by Gasteiger charge is 2.39. The Kier molecular flexibility index (Phi) is 9.11. The molecule has 55 heavy (non-hydrogen) atoms. The molecule has 2 aliphatic rings. The van der Waals surface area contributed by atoms with E-state index in [1.807, 2.05) is 55.5 Å². The van der Waals surface area contributed by atoms with Gasteiger partial charge in [0.05, 0.1) is 28.9 Å². The summed E-state index contributed by atoms with van der Waals surface area (Å²) in [6, 6.07) is 38.8. The van der Waals surface area contributed by atoms with Gasteiger partial charge in [-0.05, 0) is 102 Å². The number of nitriles is 1. The van der Waals surface area contributed by atoms with Crippen LogP contribution in [0.15, 0.2) is 157 Å². The van der Waals surface area contributed by atoms with E-state index in [0.29, 0.717) is 5.56 Å². The zero-order chi connectivity index (χ0) is 38.4. The molecule has 1 unspecified atom stereocenters. The van der Waals surface area contributed by atoms with E-state index in [0.717, 1.165) is 57.9 Å². The van der Waals surface area contributed by atoms with Crippen molar-refractivity contribution < 1.29 is 0 Å². The van der Waals surface area contributed by atoms with Crippen LogP contribution in [0.4, 0.5) is 5.69 Å². The van der Waals surface area contributed by atoms with E-state index in [1.165, 1.54) is 44.4 Å². The Morgan fingerprint density at radius 2 is 1.62 bits per heavy atom. The van der Waals surface area contributed by atoms with Gasteiger partial charge in [-0.3, -0.25) is 0 Å². The molecule has 0 spiro atoms. The van der Waals surface area contributed by atoms with E-state index in [2.05, 4.69) is 141 Å². The molecule has 4 heteroatoms. The number of benzene rings is 5. The normalized spacial score (nSPS) is 15.5. The molecule has 1 aromatic heterocycles. The molecule has 0 saturated heterocycles. The molecule has 0 saturated carbocycles. The minimum absolute atomic E-state index is 0.121. The number of aryl methyl sites for hydroxylation is 1. The van der Waals surface area contributed by atoms with Gasteiger partial charge in [-0.1, -0.05) is 124 Å². The Morgan fingerprint density at radius 1 is 0.891 bits per heavy atom. The molecule has 6 aromatic rings. The van der Waals surface area contributed by atoms with Gasteiger partial charge in [0, 0.05) is 40.4 Å². The predicted molar refractivity (Wildman–Crippen MR) is 230 cm³/mol. The van der Waals surface area contributed by atoms with Gasteiger partial charge in [-0.2, -0.15) is 5.26 Å². The van der Waals surface area contributed by atoms with Gasteiger partial charge in [-0.25, -0.2) is 4.99 Å². The number of hydrogen-bond acceptors (Lipinski definition) is 3. The number of amidine groups is 1. The Hall–Kier alpha value is -6.44. The van der Waals surface area contributed by atoms with Crippen LogP contribution in [0.25, 0.3) is 38.8 Å². The third-order valence-corrected chi connectivity index (χ3v) is 11.5. The monoisotopic (exact) mass is 714 g/mol. The van der Waals surface area contributed by atoms with Gasteiger partial charge in [-0.15, -0.1) is 6.58 Å². The summed E-state index contributed by atoms with van der Waals surface area (Å²) in [5, 5.41) is 11.6. The minimum Gasteiger partial charge on any atom is -0.348 e. The number of hydrogen-bond donors (Lipinski definition) is 0. The topological polar surface area (TPSA) is 44.3 Å². The second kappa shape index (κ2) is 14.1. The van der Waals surface area contributed by atoms with Crippen LogP contribution in [0.5, 0.6) is 0 Å². The molecule has 270 valence electrons. The lowest BCUT2D eigenvalue weighted by Crippen LogP contribution is -2.35. The largest absolute Gasteiger partial charge is 0.348 e. The fourth-order valence-electron chi connectivity index (χ4n) is 8.96. The van der Waals surface area contributed by atoms with Gasteiger partial charge in [0.2, 0.25) is 0 Å². The highest BCUT2D eigenvalue weighted by Crippen LogP contribution is 2.53. The molecule has 2 heterocycles. The molecule has 0 N–H and O–H groups in total. The van der Waals surface area contributed by atoms with Crippen LogP contribution in [-0.4, -0.2) is 22.4 Å². The maximum atomic E-state index is 10.3. The average Bonchev–Trinajstić information content (AvgIpc) is 3.62. The van der Waals surface area contributed by atoms with Crippen molar-refractivity contribution in [2.75, 3.05) is 7.05 Å². The highest BCUT2D eigenvalue weighted by molar-refractivity contribution is 6.04. The van der Waals surface area contributed by atoms with Crippen molar-refractivity contribution in [2.45, 2.75) is 52.0 Å². The molecule has 1 aliphatic heterocycles. The molecule has 0 bridgehead atoms. The van der Waals surface area contributed by atoms with Gasteiger partial charge in [0.25, 0.3) is 0 Å². The van der Waals surface area contributed by atoms with Crippen LogP contribution < -0.4 is 0 Å². The van der Waals surface area contributed by atoms with E-state index in [9.17, 15) is 5.26 Å². The zero-order valence-corrected chi connectivity index (χ0v) is 32.4. The third kappa shape index (κ3) is 5.79. The van der Waals surface area contributed by atoms with Crippen molar-refractivity contribution in [2.24, 2.45) is 4.99 Å². The summed E-state index contributed by atoms with van der Waals surface area (Å²) in [5.74, 6) is 0.848. The Morgan fingerprint density at radius 3 is 2.40 bits per heavy atom. The molecule has 1 aliphatic carbocycles. The standard InChI is InChI=1S/C51H46N4/c1-8-10-12-19-33(3)48-43-23-16-18-25-45(43)53-50(54(48)7)37-29-36(40-21-14-13-20-35(40)32-52)30-38(31-37)55-46(26-11-9-2)34(4)39-27-28-42-41-22-15-17-24-44(41)51(5,6)47(42)49(39)55/h8-10,12-25,27-31,48H,2-3,11,26H2,1,4-7H3/b10-8-,19-12-. The summed E-state index contributed by atoms with van der Waals surface area (Å²) in [7, 11) is 2.11. The fraction of sp³-hybridized carbons (Fsp3) is 0.176. The molecular weight excluding hydrogens is 669 g/mol. The number of nitrogens with zero attached hydrogens (tertiary/aromatic N) is 4. The number of aromatic nitrogens is 1. The van der Waals surface area contributed by atoms with Crippen molar-refractivity contribution in [3.8, 4) is 34.0 Å². The first-order chi connectivity index (χ1) is 26.7. The lowest BCUT2D eigenvalue weighted by atomic mass is 9.81. The summed E-state index contributed by atoms with van der Waals surface area (Å²) < 4.78 is 2.51. The van der Waals surface area contributed by atoms with Crippen LogP contribution in [0.2, 0.25) is 0 Å². The van der Waals surface area contributed by atoms with Crippen LogP contribution in [0.1, 0.15) is 72.3 Å². The van der Waals surface area contributed by atoms with Crippen molar-refractivity contribution in [1.29, 1.82) is 5.26 Å². The molecule has 1 atom stereocenters. The number of allylic oxidation sites excluding steroid dienone is 4. The maximum Gasteiger partial charge on any atom is 0.137 e. The lowest BCUT2D eigenvalue weighted by molar-refractivity contribution is 0.422. The lowest BCUT2D eigenvalue weighted by Gasteiger charge is -2.36. The van der Waals surface area contributed by atoms with E-state index in [4.69, 9.17) is 4.99 Å². The van der Waals surface area contributed by atoms with Crippen molar-refractivity contribution in [3.63, 3.8) is 0 Å². The van der Waals surface area contributed by atoms with Gasteiger partial charge >= 0.3 is 0 Å². The molecule has 0 fully saturated rings. The Balaban J connectivity index is 1.44. The molecule has 0 amide bonds. The van der Waals surface area contributed by atoms with E-state index in [-0.39, 0.29) is 11.5 Å². The second-order valence-electron chi connectivity index (χ2n) is 15.2. The first kappa shape index (κ1) is 35.6. The Bertz CT molecular complexity index is 2670. The predicted octanol–water partition coefficient (Wildman–Crippen LogP) is 12.7. The molecular formula is C51H46N4. The molecule has 8 rings (SSSR count). The molecule has 4 nitrogen and oxygen atoms in total. The number of fused-ring (bicyclic) bond motifs is 6.